The van der Waals surface area contributed by atoms with Crippen molar-refractivity contribution in [2.24, 2.45) is 0 Å². The number of ether oxygens (including phenoxy) is 2. The van der Waals surface area contributed by atoms with Gasteiger partial charge in [0.1, 0.15) is 0 Å². The van der Waals surface area contributed by atoms with Crippen molar-refractivity contribution >= 4 is 51.4 Å². The van der Waals surface area contributed by atoms with Crippen LogP contribution in [0, 0.1) is 6.92 Å². The number of hydrogen-bond donors (Lipinski definition) is 1. The molecule has 0 saturated heterocycles. The molecule has 0 spiro atoms. The van der Waals surface area contributed by atoms with E-state index in [-0.39, 0.29) is 0 Å². The first-order chi connectivity index (χ1) is 23.2. The zero-order valence-corrected chi connectivity index (χ0v) is 26.6. The molecule has 0 fully saturated rings. The van der Waals surface area contributed by atoms with Crippen LogP contribution in [0.1, 0.15) is 37.3 Å². The van der Waals surface area contributed by atoms with Crippen molar-refractivity contribution in [1.29, 1.82) is 0 Å². The van der Waals surface area contributed by atoms with Gasteiger partial charge in [-0.05, 0) is 78.3 Å². The van der Waals surface area contributed by atoms with Crippen LogP contribution in [-0.2, 0) is 6.42 Å². The van der Waals surface area contributed by atoms with Gasteiger partial charge in [0.2, 0.25) is 0 Å². The molecule has 7 aromatic rings. The molecule has 47 heavy (non-hydrogen) atoms. The Labute approximate surface area is 275 Å². The monoisotopic (exact) mass is 609 g/mol. The summed E-state index contributed by atoms with van der Waals surface area (Å²) in [6.45, 7) is 4.41. The van der Waals surface area contributed by atoms with E-state index in [2.05, 4.69) is 122 Å². The molecule has 0 amide bonds. The first kappa shape index (κ1) is 27.9. The first-order valence-corrected chi connectivity index (χ1v) is 16.7. The van der Waals surface area contributed by atoms with Crippen molar-refractivity contribution in [2.45, 2.75) is 39.5 Å². The fourth-order valence-electron chi connectivity index (χ4n) is 7.31. The third-order valence-electron chi connectivity index (χ3n) is 9.63. The molecular weight excluding hydrogens is 575 g/mol. The zero-order valence-electron chi connectivity index (χ0n) is 26.6. The molecule has 4 nitrogen and oxygen atoms in total. The largest absolute Gasteiger partial charge is 0.449 e. The van der Waals surface area contributed by atoms with Crippen LogP contribution in [0.15, 0.2) is 115 Å². The minimum atomic E-state index is 0.698. The second-order valence-corrected chi connectivity index (χ2v) is 12.7. The van der Waals surface area contributed by atoms with Gasteiger partial charge in [-0.3, -0.25) is 0 Å². The van der Waals surface area contributed by atoms with E-state index >= 15 is 0 Å². The fourth-order valence-corrected chi connectivity index (χ4v) is 7.31. The molecule has 3 heterocycles. The summed E-state index contributed by atoms with van der Waals surface area (Å²) in [7, 11) is 2.38. The zero-order chi connectivity index (χ0) is 31.5. The summed E-state index contributed by atoms with van der Waals surface area (Å²) in [6.07, 6.45) is 4.58. The second kappa shape index (κ2) is 11.1. The molecule has 0 aliphatic carbocycles. The third-order valence-corrected chi connectivity index (χ3v) is 9.63. The summed E-state index contributed by atoms with van der Waals surface area (Å²) in [5.74, 6) is 2.86. The van der Waals surface area contributed by atoms with E-state index in [1.54, 1.807) is 0 Å². The van der Waals surface area contributed by atoms with E-state index in [0.717, 1.165) is 41.3 Å². The summed E-state index contributed by atoms with van der Waals surface area (Å²) >= 11 is 0. The number of fused-ring (bicyclic) bond motifs is 7. The van der Waals surface area contributed by atoms with Crippen LogP contribution in [0.5, 0.6) is 23.0 Å². The Morgan fingerprint density at radius 2 is 1.40 bits per heavy atom. The highest BCUT2D eigenvalue weighted by molar-refractivity contribution is 6.73. The quantitative estimate of drug-likeness (QED) is 0.144. The van der Waals surface area contributed by atoms with Crippen molar-refractivity contribution in [2.75, 3.05) is 5.32 Å². The Balaban J connectivity index is 1.31. The molecule has 6 aromatic carbocycles. The minimum Gasteiger partial charge on any atom is -0.449 e. The van der Waals surface area contributed by atoms with Crippen LogP contribution in [0.25, 0.3) is 38.6 Å². The molecule has 2 aliphatic rings. The molecule has 0 bridgehead atoms. The van der Waals surface area contributed by atoms with Crippen LogP contribution >= 0.6 is 0 Å². The molecule has 1 N–H and O–H groups in total. The van der Waals surface area contributed by atoms with Gasteiger partial charge in [-0.1, -0.05) is 98.0 Å². The van der Waals surface area contributed by atoms with Crippen molar-refractivity contribution in [3.8, 4) is 39.8 Å². The lowest BCUT2D eigenvalue weighted by Gasteiger charge is -2.27. The van der Waals surface area contributed by atoms with Gasteiger partial charge in [0.15, 0.2) is 30.3 Å². The average Bonchev–Trinajstić information content (AvgIpc) is 3.44. The molecule has 2 aliphatic heterocycles. The van der Waals surface area contributed by atoms with Gasteiger partial charge in [0.05, 0.1) is 11.2 Å². The van der Waals surface area contributed by atoms with E-state index in [0.29, 0.717) is 11.5 Å². The third kappa shape index (κ3) is 4.60. The number of anilines is 2. The SMILES string of the molecule is CCCCCc1cc(-c2cc3c(cc2Nc2ccccc2C)Oc2ccccc2O3)c2c(c1)-n1c3ccccc3c3cccc(c31)[B]2. The van der Waals surface area contributed by atoms with Crippen molar-refractivity contribution in [3.63, 3.8) is 0 Å². The number of unbranched alkanes of at least 4 members (excludes halogenated alkanes) is 2. The Hall–Kier alpha value is -5.42. The van der Waals surface area contributed by atoms with Crippen molar-refractivity contribution in [1.82, 2.24) is 4.57 Å². The molecule has 1 aromatic heterocycles. The summed E-state index contributed by atoms with van der Waals surface area (Å²) in [6, 6.07) is 40.9. The molecule has 5 heteroatoms. The Kier molecular flexibility index (Phi) is 6.60. The van der Waals surface area contributed by atoms with E-state index in [4.69, 9.17) is 9.47 Å². The molecule has 227 valence electrons. The molecule has 0 unspecified atom stereocenters. The molecule has 0 atom stereocenters. The van der Waals surface area contributed by atoms with Crippen LogP contribution in [0.2, 0.25) is 0 Å². The van der Waals surface area contributed by atoms with Gasteiger partial charge in [-0.25, -0.2) is 0 Å². The standard InChI is InChI=1S/C42H34BN2O2/c1-3-4-5-14-27-22-31(41-36(23-27)45-35-19-9-7-15-28(35)29-16-12-17-32(43-41)42(29)45)30-24-39-40(47-38-21-11-10-20-37(38)46-39)25-34(30)44-33-18-8-6-13-26(33)2/h6-13,15-25,44H,3-5,14H2,1-2H3. The van der Waals surface area contributed by atoms with Crippen LogP contribution in [0.3, 0.4) is 0 Å². The van der Waals surface area contributed by atoms with Crippen LogP contribution in [-0.4, -0.2) is 11.8 Å². The van der Waals surface area contributed by atoms with Gasteiger partial charge >= 0.3 is 0 Å². The molecule has 1 radical (unpaired) electrons. The average molecular weight is 610 g/mol. The number of benzene rings is 6. The highest BCUT2D eigenvalue weighted by Crippen LogP contribution is 2.49. The van der Waals surface area contributed by atoms with E-state index in [9.17, 15) is 0 Å². The Morgan fingerprint density at radius 3 is 2.23 bits per heavy atom. The van der Waals surface area contributed by atoms with E-state index in [1.165, 1.54) is 68.0 Å². The van der Waals surface area contributed by atoms with Crippen LogP contribution < -0.4 is 25.7 Å². The summed E-state index contributed by atoms with van der Waals surface area (Å²) in [4.78, 5) is 0. The number of rotatable bonds is 7. The smallest absolute Gasteiger partial charge is 0.197 e. The molecule has 9 rings (SSSR count). The highest BCUT2D eigenvalue weighted by Gasteiger charge is 2.28. The summed E-state index contributed by atoms with van der Waals surface area (Å²) in [5.41, 5.74) is 13.0. The molecular formula is C42H34BN2O2. The lowest BCUT2D eigenvalue weighted by molar-refractivity contribution is 0.360. The lowest BCUT2D eigenvalue weighted by Crippen LogP contribution is -2.37. The van der Waals surface area contributed by atoms with Crippen molar-refractivity contribution < 1.29 is 9.47 Å². The van der Waals surface area contributed by atoms with E-state index < -0.39 is 0 Å². The number of aromatic nitrogens is 1. The van der Waals surface area contributed by atoms with Crippen LogP contribution in [0.4, 0.5) is 11.4 Å². The number of nitrogens with one attached hydrogen (secondary N) is 1. The molecule has 0 saturated carbocycles. The van der Waals surface area contributed by atoms with Gasteiger partial charge in [0, 0.05) is 39.3 Å². The lowest BCUT2D eigenvalue weighted by atomic mass is 9.59. The number of para-hydroxylation sites is 5. The van der Waals surface area contributed by atoms with Gasteiger partial charge in [-0.2, -0.15) is 0 Å². The number of nitrogens with zero attached hydrogens (tertiary/aromatic N) is 1. The Morgan fingerprint density at radius 1 is 0.660 bits per heavy atom. The number of hydrogen-bond acceptors (Lipinski definition) is 3. The maximum absolute atomic E-state index is 6.50. The topological polar surface area (TPSA) is 35.4 Å². The van der Waals surface area contributed by atoms with Crippen molar-refractivity contribution in [3.05, 3.63) is 126 Å². The second-order valence-electron chi connectivity index (χ2n) is 12.7. The minimum absolute atomic E-state index is 0.698. The predicted octanol–water partition coefficient (Wildman–Crippen LogP) is 10.1. The summed E-state index contributed by atoms with van der Waals surface area (Å²) < 4.78 is 15.4. The van der Waals surface area contributed by atoms with E-state index in [1.807, 2.05) is 24.3 Å². The Bertz CT molecular complexity index is 2350. The van der Waals surface area contributed by atoms with Gasteiger partial charge in [-0.15, -0.1) is 0 Å². The predicted molar refractivity (Wildman–Crippen MR) is 196 cm³/mol. The summed E-state index contributed by atoms with van der Waals surface area (Å²) in [5, 5.41) is 6.37. The maximum Gasteiger partial charge on any atom is 0.197 e. The highest BCUT2D eigenvalue weighted by atomic mass is 16.6. The number of aryl methyl sites for hydroxylation is 2. The first-order valence-electron chi connectivity index (χ1n) is 16.7. The van der Waals surface area contributed by atoms with Gasteiger partial charge in [0.25, 0.3) is 0 Å². The normalized spacial score (nSPS) is 12.5. The van der Waals surface area contributed by atoms with Gasteiger partial charge < -0.3 is 19.4 Å². The maximum atomic E-state index is 6.50. The fraction of sp³-hybridized carbons (Fsp3) is 0.143.